The molecule has 2 aliphatic rings. The van der Waals surface area contributed by atoms with Gasteiger partial charge >= 0.3 is 5.97 Å². The predicted molar refractivity (Wildman–Crippen MR) is 128 cm³/mol. The third-order valence-corrected chi connectivity index (χ3v) is 6.93. The molecule has 184 valence electrons. The van der Waals surface area contributed by atoms with Gasteiger partial charge in [0.15, 0.2) is 0 Å². The van der Waals surface area contributed by atoms with Crippen molar-refractivity contribution in [1.82, 2.24) is 10.2 Å². The van der Waals surface area contributed by atoms with Crippen LogP contribution in [-0.2, 0) is 9.53 Å². The van der Waals surface area contributed by atoms with Gasteiger partial charge in [-0.25, -0.2) is 0 Å². The van der Waals surface area contributed by atoms with E-state index < -0.39 is 0 Å². The number of phenolic OH excluding ortho intramolecular Hbond substituents is 2. The Morgan fingerprint density at radius 1 is 1.09 bits per heavy atom. The molecule has 7 heteroatoms. The van der Waals surface area contributed by atoms with Gasteiger partial charge in [0.05, 0.1) is 5.56 Å². The lowest BCUT2D eigenvalue weighted by Gasteiger charge is -2.34. The summed E-state index contributed by atoms with van der Waals surface area (Å²) in [4.78, 5) is 27.6. The van der Waals surface area contributed by atoms with Crippen LogP contribution in [0.1, 0.15) is 100 Å². The van der Waals surface area contributed by atoms with Crippen LogP contribution in [0.15, 0.2) is 12.1 Å². The number of hydrogen-bond donors (Lipinski definition) is 3. The van der Waals surface area contributed by atoms with Gasteiger partial charge in [-0.3, -0.25) is 9.59 Å². The zero-order chi connectivity index (χ0) is 24.0. The van der Waals surface area contributed by atoms with Crippen LogP contribution in [-0.4, -0.2) is 58.3 Å². The highest BCUT2D eigenvalue weighted by atomic mass is 16.5. The molecular weight excluding hydrogens is 420 g/mol. The van der Waals surface area contributed by atoms with Crippen molar-refractivity contribution >= 4 is 11.9 Å². The van der Waals surface area contributed by atoms with E-state index in [9.17, 15) is 19.8 Å². The largest absolute Gasteiger partial charge is 0.508 e. The predicted octanol–water partition coefficient (Wildman–Crippen LogP) is 4.46. The number of rotatable bonds is 9. The SMILES string of the molecule is CCCC[C@@H](NC1CCN(C(=O)c2cc(C(C)C)c(O)cc2O)CC1)C(=O)OC1CCCC1. The topological polar surface area (TPSA) is 99.1 Å². The Kier molecular flexibility index (Phi) is 9.01. The molecule has 0 spiro atoms. The summed E-state index contributed by atoms with van der Waals surface area (Å²) in [6, 6.07) is 2.70. The fourth-order valence-corrected chi connectivity index (χ4v) is 4.86. The molecule has 1 atom stereocenters. The number of unbranched alkanes of at least 4 members (excludes halogenated alkanes) is 1. The highest BCUT2D eigenvalue weighted by Gasteiger charge is 2.31. The summed E-state index contributed by atoms with van der Waals surface area (Å²) in [6.07, 6.45) is 8.49. The van der Waals surface area contributed by atoms with Crippen molar-refractivity contribution in [2.24, 2.45) is 0 Å². The average Bonchev–Trinajstić information content (AvgIpc) is 3.29. The molecule has 1 aliphatic carbocycles. The Morgan fingerprint density at radius 3 is 2.36 bits per heavy atom. The van der Waals surface area contributed by atoms with E-state index in [1.165, 1.54) is 6.07 Å². The van der Waals surface area contributed by atoms with Crippen molar-refractivity contribution < 1.29 is 24.5 Å². The summed E-state index contributed by atoms with van der Waals surface area (Å²) in [6.45, 7) is 7.08. The molecule has 1 aromatic rings. The minimum atomic E-state index is -0.299. The molecule has 1 aromatic carbocycles. The van der Waals surface area contributed by atoms with E-state index in [2.05, 4.69) is 12.2 Å². The molecule has 1 saturated heterocycles. The van der Waals surface area contributed by atoms with Gasteiger partial charge in [-0.1, -0.05) is 33.6 Å². The number of benzene rings is 1. The summed E-state index contributed by atoms with van der Waals surface area (Å²) in [5, 5.41) is 23.8. The van der Waals surface area contributed by atoms with E-state index in [-0.39, 0.29) is 53.0 Å². The number of esters is 1. The summed E-state index contributed by atoms with van der Waals surface area (Å²) < 4.78 is 5.77. The lowest BCUT2D eigenvalue weighted by Crippen LogP contribution is -2.50. The number of carbonyl (C=O) groups is 2. The summed E-state index contributed by atoms with van der Waals surface area (Å²) >= 11 is 0. The second kappa shape index (κ2) is 11.7. The Labute approximate surface area is 197 Å². The lowest BCUT2D eigenvalue weighted by atomic mass is 9.97. The Bertz CT molecular complexity index is 811. The van der Waals surface area contributed by atoms with Gasteiger partial charge in [-0.2, -0.15) is 0 Å². The van der Waals surface area contributed by atoms with Gasteiger partial charge in [-0.15, -0.1) is 0 Å². The van der Waals surface area contributed by atoms with E-state index in [1.54, 1.807) is 11.0 Å². The summed E-state index contributed by atoms with van der Waals surface area (Å²) in [5.41, 5.74) is 0.871. The number of piperidine rings is 1. The summed E-state index contributed by atoms with van der Waals surface area (Å²) in [7, 11) is 0. The van der Waals surface area contributed by atoms with Crippen molar-refractivity contribution in [3.63, 3.8) is 0 Å². The number of nitrogens with one attached hydrogen (secondary N) is 1. The first-order valence-corrected chi connectivity index (χ1v) is 12.6. The second-order valence-electron chi connectivity index (χ2n) is 9.85. The number of aromatic hydroxyl groups is 2. The highest BCUT2D eigenvalue weighted by molar-refractivity contribution is 5.97. The first kappa shape index (κ1) is 25.3. The van der Waals surface area contributed by atoms with E-state index in [0.29, 0.717) is 18.7 Å². The third kappa shape index (κ3) is 6.62. The molecule has 0 bridgehead atoms. The highest BCUT2D eigenvalue weighted by Crippen LogP contribution is 2.33. The minimum absolute atomic E-state index is 0.00423. The van der Waals surface area contributed by atoms with Gasteiger partial charge in [-0.05, 0) is 62.5 Å². The van der Waals surface area contributed by atoms with E-state index in [4.69, 9.17) is 4.74 Å². The minimum Gasteiger partial charge on any atom is -0.508 e. The number of hydrogen-bond acceptors (Lipinski definition) is 6. The van der Waals surface area contributed by atoms with Gasteiger partial charge < -0.3 is 25.2 Å². The maximum absolute atomic E-state index is 13.1. The van der Waals surface area contributed by atoms with Crippen LogP contribution in [0.4, 0.5) is 0 Å². The first-order valence-electron chi connectivity index (χ1n) is 12.6. The molecule has 2 fully saturated rings. The van der Waals surface area contributed by atoms with Crippen molar-refractivity contribution in [3.8, 4) is 11.5 Å². The van der Waals surface area contributed by atoms with Crippen LogP contribution in [0.25, 0.3) is 0 Å². The normalized spacial score (nSPS) is 18.6. The maximum Gasteiger partial charge on any atom is 0.323 e. The van der Waals surface area contributed by atoms with Crippen LogP contribution in [0.2, 0.25) is 0 Å². The van der Waals surface area contributed by atoms with Crippen molar-refractivity contribution in [1.29, 1.82) is 0 Å². The van der Waals surface area contributed by atoms with Gasteiger partial charge in [0.25, 0.3) is 5.91 Å². The molecule has 0 radical (unpaired) electrons. The molecule has 1 aliphatic heterocycles. The number of amides is 1. The smallest absolute Gasteiger partial charge is 0.323 e. The van der Waals surface area contributed by atoms with E-state index >= 15 is 0 Å². The molecular formula is C26H40N2O5. The number of carbonyl (C=O) groups excluding carboxylic acids is 2. The zero-order valence-electron chi connectivity index (χ0n) is 20.3. The number of ether oxygens (including phenoxy) is 1. The fourth-order valence-electron chi connectivity index (χ4n) is 4.86. The van der Waals surface area contributed by atoms with Crippen LogP contribution in [0.5, 0.6) is 11.5 Å². The van der Waals surface area contributed by atoms with Gasteiger partial charge in [0.2, 0.25) is 0 Å². The molecule has 0 aromatic heterocycles. The van der Waals surface area contributed by atoms with Crippen molar-refractivity contribution in [3.05, 3.63) is 23.3 Å². The Hall–Kier alpha value is -2.28. The maximum atomic E-state index is 13.1. The van der Waals surface area contributed by atoms with Crippen LogP contribution >= 0.6 is 0 Å². The molecule has 1 heterocycles. The fraction of sp³-hybridized carbons (Fsp3) is 0.692. The number of phenols is 2. The zero-order valence-corrected chi connectivity index (χ0v) is 20.3. The average molecular weight is 461 g/mol. The van der Waals surface area contributed by atoms with Crippen LogP contribution < -0.4 is 5.32 Å². The number of likely N-dealkylation sites (tertiary alicyclic amines) is 1. The monoisotopic (exact) mass is 460 g/mol. The first-order chi connectivity index (χ1) is 15.8. The van der Waals surface area contributed by atoms with E-state index in [0.717, 1.165) is 57.8 Å². The van der Waals surface area contributed by atoms with E-state index in [1.807, 2.05) is 13.8 Å². The molecule has 7 nitrogen and oxygen atoms in total. The van der Waals surface area contributed by atoms with Gasteiger partial charge in [0, 0.05) is 25.2 Å². The van der Waals surface area contributed by atoms with Crippen LogP contribution in [0, 0.1) is 0 Å². The second-order valence-corrected chi connectivity index (χ2v) is 9.85. The quantitative estimate of drug-likeness (QED) is 0.471. The molecule has 3 rings (SSSR count). The molecule has 1 amide bonds. The van der Waals surface area contributed by atoms with Crippen molar-refractivity contribution in [2.75, 3.05) is 13.1 Å². The van der Waals surface area contributed by atoms with Crippen molar-refractivity contribution in [2.45, 2.75) is 103 Å². The Balaban J connectivity index is 1.58. The Morgan fingerprint density at radius 2 is 1.76 bits per heavy atom. The summed E-state index contributed by atoms with van der Waals surface area (Å²) in [5.74, 6) is -0.516. The molecule has 3 N–H and O–H groups in total. The lowest BCUT2D eigenvalue weighted by molar-refractivity contribution is -0.152. The molecule has 1 saturated carbocycles. The molecule has 33 heavy (non-hydrogen) atoms. The third-order valence-electron chi connectivity index (χ3n) is 6.93. The molecule has 0 unspecified atom stereocenters. The number of nitrogens with zero attached hydrogens (tertiary/aromatic N) is 1. The van der Waals surface area contributed by atoms with Gasteiger partial charge in [0.1, 0.15) is 23.6 Å². The standard InChI is InChI=1S/C26H40N2O5/c1-4-5-10-22(26(32)33-19-8-6-7-9-19)27-18-11-13-28(14-12-18)25(31)21-15-20(17(2)3)23(29)16-24(21)30/h15-19,22,27,29-30H,4-14H2,1-3H3/t22-/m1/s1. The van der Waals surface area contributed by atoms with Crippen LogP contribution in [0.3, 0.4) is 0 Å².